The highest BCUT2D eigenvalue weighted by molar-refractivity contribution is 6.10. The van der Waals surface area contributed by atoms with Gasteiger partial charge in [0, 0.05) is 28.6 Å². The van der Waals surface area contributed by atoms with Crippen LogP contribution in [-0.2, 0) is 14.3 Å². The number of furan rings is 1. The molecule has 0 unspecified atom stereocenters. The summed E-state index contributed by atoms with van der Waals surface area (Å²) in [5.41, 5.74) is 0.577. The molecule has 9 nitrogen and oxygen atoms in total. The van der Waals surface area contributed by atoms with E-state index in [4.69, 9.17) is 9.15 Å². The first-order valence-electron chi connectivity index (χ1n) is 12.8. The van der Waals surface area contributed by atoms with Crippen LogP contribution in [0.15, 0.2) is 40.8 Å². The van der Waals surface area contributed by atoms with Crippen molar-refractivity contribution in [1.29, 1.82) is 5.26 Å². The fraction of sp³-hybridized carbons (Fsp3) is 0.429. The zero-order valence-electron chi connectivity index (χ0n) is 20.5. The summed E-state index contributed by atoms with van der Waals surface area (Å²) in [5.74, 6) is -0.698. The normalized spacial score (nSPS) is 20.4. The molecule has 2 saturated carbocycles. The molecule has 2 aromatic carbocycles. The van der Waals surface area contributed by atoms with Crippen LogP contribution in [-0.4, -0.2) is 48.6 Å². The Hall–Kier alpha value is -3.90. The van der Waals surface area contributed by atoms with Crippen molar-refractivity contribution in [2.24, 2.45) is 0 Å². The standard InChI is InChI=1S/C28H28N4O5/c29-17-27(10-11-27)31-26(35)28(8-2-1-3-9-28)30-25(34)18-4-6-20-21-15-19(32-12-13-36-16-24(32)33)5-7-22(21)37-23(20)14-18/h4-7,14-15H,1-3,8-13,16H2,(H,30,34)(H,31,35). The van der Waals surface area contributed by atoms with Crippen molar-refractivity contribution in [2.75, 3.05) is 24.7 Å². The van der Waals surface area contributed by atoms with Crippen LogP contribution in [0, 0.1) is 11.3 Å². The number of nitrogens with zero attached hydrogens (tertiary/aromatic N) is 2. The molecular weight excluding hydrogens is 472 g/mol. The molecule has 3 amide bonds. The Bertz CT molecular complexity index is 1460. The van der Waals surface area contributed by atoms with Crippen LogP contribution in [0.1, 0.15) is 55.3 Å². The van der Waals surface area contributed by atoms with Gasteiger partial charge in [-0.25, -0.2) is 0 Å². The zero-order valence-corrected chi connectivity index (χ0v) is 20.5. The van der Waals surface area contributed by atoms with Crippen LogP contribution in [0.2, 0.25) is 0 Å². The maximum absolute atomic E-state index is 13.4. The Morgan fingerprint density at radius 1 is 0.946 bits per heavy atom. The number of hydrogen-bond donors (Lipinski definition) is 2. The first kappa shape index (κ1) is 23.5. The summed E-state index contributed by atoms with van der Waals surface area (Å²) in [7, 11) is 0. The second kappa shape index (κ2) is 8.89. The number of ether oxygens (including phenoxy) is 1. The molecule has 6 rings (SSSR count). The van der Waals surface area contributed by atoms with Gasteiger partial charge >= 0.3 is 0 Å². The molecule has 9 heteroatoms. The lowest BCUT2D eigenvalue weighted by Crippen LogP contribution is -2.61. The largest absolute Gasteiger partial charge is 0.456 e. The number of rotatable bonds is 5. The molecule has 190 valence electrons. The molecule has 0 bridgehead atoms. The Balaban J connectivity index is 1.27. The molecule has 3 fully saturated rings. The third-order valence-corrected chi connectivity index (χ3v) is 7.83. The van der Waals surface area contributed by atoms with Gasteiger partial charge in [0.05, 0.1) is 12.7 Å². The summed E-state index contributed by atoms with van der Waals surface area (Å²) in [6, 6.07) is 13.1. The third kappa shape index (κ3) is 4.21. The van der Waals surface area contributed by atoms with Crippen LogP contribution < -0.4 is 15.5 Å². The van der Waals surface area contributed by atoms with E-state index in [1.165, 1.54) is 0 Å². The Morgan fingerprint density at radius 3 is 2.49 bits per heavy atom. The number of hydrogen-bond acceptors (Lipinski definition) is 6. The second-order valence-corrected chi connectivity index (χ2v) is 10.3. The van der Waals surface area contributed by atoms with E-state index in [9.17, 15) is 19.6 Å². The summed E-state index contributed by atoms with van der Waals surface area (Å²) < 4.78 is 11.3. The summed E-state index contributed by atoms with van der Waals surface area (Å²) in [6.45, 7) is 1.06. The minimum Gasteiger partial charge on any atom is -0.456 e. The van der Waals surface area contributed by atoms with Gasteiger partial charge in [-0.15, -0.1) is 0 Å². The highest BCUT2D eigenvalue weighted by Crippen LogP contribution is 2.37. The fourth-order valence-electron chi connectivity index (χ4n) is 5.45. The van der Waals surface area contributed by atoms with E-state index in [1.54, 1.807) is 17.0 Å². The van der Waals surface area contributed by atoms with E-state index < -0.39 is 11.1 Å². The second-order valence-electron chi connectivity index (χ2n) is 10.3. The first-order chi connectivity index (χ1) is 17.9. The number of nitriles is 1. The number of carbonyl (C=O) groups excluding carboxylic acids is 3. The minimum absolute atomic E-state index is 0.0691. The lowest BCUT2D eigenvalue weighted by atomic mass is 9.80. The number of morpholine rings is 1. The van der Waals surface area contributed by atoms with Crippen LogP contribution in [0.3, 0.4) is 0 Å². The number of carbonyl (C=O) groups is 3. The van der Waals surface area contributed by atoms with Gasteiger partial charge in [-0.3, -0.25) is 14.4 Å². The molecule has 0 atom stereocenters. The van der Waals surface area contributed by atoms with E-state index >= 15 is 0 Å². The van der Waals surface area contributed by atoms with E-state index in [0.717, 1.165) is 35.7 Å². The zero-order chi connectivity index (χ0) is 25.6. The molecule has 37 heavy (non-hydrogen) atoms. The van der Waals surface area contributed by atoms with Gasteiger partial charge in [0.1, 0.15) is 28.9 Å². The maximum atomic E-state index is 13.4. The quantitative estimate of drug-likeness (QED) is 0.552. The average molecular weight is 501 g/mol. The predicted octanol–water partition coefficient (Wildman–Crippen LogP) is 3.55. The topological polar surface area (TPSA) is 125 Å². The molecule has 3 aromatic rings. The molecular formula is C28H28N4O5. The van der Waals surface area contributed by atoms with Gasteiger partial charge in [-0.1, -0.05) is 19.3 Å². The van der Waals surface area contributed by atoms with Crippen molar-refractivity contribution in [3.05, 3.63) is 42.0 Å². The molecule has 1 aliphatic heterocycles. The SMILES string of the molecule is N#CC1(NC(=O)C2(NC(=O)c3ccc4c(c3)oc3ccc(N5CCOCC5=O)cc34)CCCCC2)CC1. The van der Waals surface area contributed by atoms with Crippen molar-refractivity contribution in [2.45, 2.75) is 56.0 Å². The van der Waals surface area contributed by atoms with Gasteiger partial charge in [0.2, 0.25) is 5.91 Å². The van der Waals surface area contributed by atoms with Crippen LogP contribution in [0.5, 0.6) is 0 Å². The molecule has 1 saturated heterocycles. The molecule has 2 heterocycles. The first-order valence-corrected chi connectivity index (χ1v) is 12.8. The van der Waals surface area contributed by atoms with Gasteiger partial charge in [0.25, 0.3) is 11.8 Å². The fourth-order valence-corrected chi connectivity index (χ4v) is 5.45. The van der Waals surface area contributed by atoms with Crippen molar-refractivity contribution in [3.63, 3.8) is 0 Å². The molecule has 1 aromatic heterocycles. The van der Waals surface area contributed by atoms with Crippen molar-refractivity contribution >= 4 is 45.3 Å². The monoisotopic (exact) mass is 500 g/mol. The lowest BCUT2D eigenvalue weighted by molar-refractivity contribution is -0.129. The number of fused-ring (bicyclic) bond motifs is 3. The summed E-state index contributed by atoms with van der Waals surface area (Å²) >= 11 is 0. The molecule has 3 aliphatic rings. The minimum atomic E-state index is -1.02. The molecule has 0 spiro atoms. The van der Waals surface area contributed by atoms with E-state index in [-0.39, 0.29) is 24.3 Å². The number of benzene rings is 2. The third-order valence-electron chi connectivity index (χ3n) is 7.83. The van der Waals surface area contributed by atoms with Crippen molar-refractivity contribution < 1.29 is 23.5 Å². The Morgan fingerprint density at radius 2 is 1.76 bits per heavy atom. The average Bonchev–Trinajstić information content (AvgIpc) is 3.60. The van der Waals surface area contributed by atoms with E-state index in [0.29, 0.717) is 55.6 Å². The molecule has 0 radical (unpaired) electrons. The van der Waals surface area contributed by atoms with Gasteiger partial charge < -0.3 is 24.7 Å². The van der Waals surface area contributed by atoms with Crippen LogP contribution in [0.25, 0.3) is 21.9 Å². The van der Waals surface area contributed by atoms with Crippen molar-refractivity contribution in [1.82, 2.24) is 10.6 Å². The summed E-state index contributed by atoms with van der Waals surface area (Å²) in [4.78, 5) is 40.6. The highest BCUT2D eigenvalue weighted by atomic mass is 16.5. The van der Waals surface area contributed by atoms with Gasteiger partial charge in [-0.2, -0.15) is 5.26 Å². The van der Waals surface area contributed by atoms with E-state index in [1.807, 2.05) is 24.3 Å². The van der Waals surface area contributed by atoms with Crippen LogP contribution in [0.4, 0.5) is 5.69 Å². The van der Waals surface area contributed by atoms with Crippen LogP contribution >= 0.6 is 0 Å². The summed E-state index contributed by atoms with van der Waals surface area (Å²) in [5, 5.41) is 17.0. The summed E-state index contributed by atoms with van der Waals surface area (Å²) in [6.07, 6.45) is 5.06. The number of anilines is 1. The Kier molecular flexibility index (Phi) is 5.64. The molecule has 2 N–H and O–H groups in total. The number of nitrogens with one attached hydrogen (secondary N) is 2. The smallest absolute Gasteiger partial charge is 0.253 e. The Labute approximate surface area is 213 Å². The molecule has 2 aliphatic carbocycles. The van der Waals surface area contributed by atoms with Gasteiger partial charge in [-0.05, 0) is 62.1 Å². The van der Waals surface area contributed by atoms with E-state index in [2.05, 4.69) is 16.7 Å². The van der Waals surface area contributed by atoms with Gasteiger partial charge in [0.15, 0.2) is 0 Å². The highest BCUT2D eigenvalue weighted by Gasteiger charge is 2.50. The lowest BCUT2D eigenvalue weighted by Gasteiger charge is -2.37. The maximum Gasteiger partial charge on any atom is 0.253 e. The number of amides is 3. The predicted molar refractivity (Wildman–Crippen MR) is 136 cm³/mol. The van der Waals surface area contributed by atoms with Crippen molar-refractivity contribution in [3.8, 4) is 6.07 Å².